The Hall–Kier alpha value is -2.36. The van der Waals surface area contributed by atoms with Crippen molar-refractivity contribution in [2.45, 2.75) is 5.92 Å². The van der Waals surface area contributed by atoms with Crippen molar-refractivity contribution < 1.29 is 18.7 Å². The average molecular weight is 228 g/mol. The molecule has 0 amide bonds. The van der Waals surface area contributed by atoms with Crippen molar-refractivity contribution in [3.8, 4) is 0 Å². The van der Waals surface area contributed by atoms with Gasteiger partial charge in [-0.1, -0.05) is 18.2 Å². The number of ether oxygens (including phenoxy) is 1. The van der Waals surface area contributed by atoms with E-state index < -0.39 is 17.9 Å². The number of benzene rings is 1. The first-order valence-electron chi connectivity index (χ1n) is 5.16. The van der Waals surface area contributed by atoms with Gasteiger partial charge in [0.1, 0.15) is 11.7 Å². The third-order valence-electron chi connectivity index (χ3n) is 2.75. The summed E-state index contributed by atoms with van der Waals surface area (Å²) in [7, 11) is 0. The van der Waals surface area contributed by atoms with Crippen LogP contribution < -0.4 is 0 Å². The molecular formula is C13H8O4. The fourth-order valence-corrected chi connectivity index (χ4v) is 1.99. The van der Waals surface area contributed by atoms with Crippen molar-refractivity contribution in [1.29, 1.82) is 0 Å². The van der Waals surface area contributed by atoms with Crippen LogP contribution in [-0.4, -0.2) is 11.9 Å². The number of carbonyl (C=O) groups excluding carboxylic acids is 2. The average Bonchev–Trinajstić information content (AvgIpc) is 2.83. The summed E-state index contributed by atoms with van der Waals surface area (Å²) in [6.45, 7) is 0. The van der Waals surface area contributed by atoms with Crippen molar-refractivity contribution in [2.24, 2.45) is 0 Å². The highest BCUT2D eigenvalue weighted by Crippen LogP contribution is 2.33. The number of hydrogen-bond donors (Lipinski definition) is 0. The zero-order valence-electron chi connectivity index (χ0n) is 8.75. The molecule has 0 saturated carbocycles. The molecule has 4 nitrogen and oxygen atoms in total. The van der Waals surface area contributed by atoms with Gasteiger partial charge >= 0.3 is 11.9 Å². The topological polar surface area (TPSA) is 56.5 Å². The summed E-state index contributed by atoms with van der Waals surface area (Å²) in [4.78, 5) is 23.3. The summed E-state index contributed by atoms with van der Waals surface area (Å²) in [6.07, 6.45) is 1.49. The fraction of sp³-hybridized carbons (Fsp3) is 0.0769. The Morgan fingerprint density at radius 3 is 2.59 bits per heavy atom. The molecule has 1 aliphatic heterocycles. The standard InChI is InChI=1S/C13H8O4/c14-12-9-5-2-1-4-8(9)11(13(15)17-12)10-6-3-7-16-10/h1-7,11H. The number of hydrogen-bond acceptors (Lipinski definition) is 4. The quantitative estimate of drug-likeness (QED) is 0.554. The first kappa shape index (κ1) is 9.84. The lowest BCUT2D eigenvalue weighted by molar-refractivity contribution is -0.139. The van der Waals surface area contributed by atoms with Crippen LogP contribution in [0.3, 0.4) is 0 Å². The molecule has 0 spiro atoms. The van der Waals surface area contributed by atoms with Gasteiger partial charge in [-0.2, -0.15) is 0 Å². The zero-order chi connectivity index (χ0) is 11.8. The van der Waals surface area contributed by atoms with Gasteiger partial charge in [-0.15, -0.1) is 0 Å². The molecular weight excluding hydrogens is 220 g/mol. The zero-order valence-corrected chi connectivity index (χ0v) is 8.75. The number of furan rings is 1. The highest BCUT2D eigenvalue weighted by Gasteiger charge is 2.36. The van der Waals surface area contributed by atoms with Crippen LogP contribution in [0.2, 0.25) is 0 Å². The van der Waals surface area contributed by atoms with E-state index in [0.29, 0.717) is 16.9 Å². The fourth-order valence-electron chi connectivity index (χ4n) is 1.99. The summed E-state index contributed by atoms with van der Waals surface area (Å²) in [5.74, 6) is -1.37. The molecule has 0 N–H and O–H groups in total. The lowest BCUT2D eigenvalue weighted by atomic mass is 9.90. The third kappa shape index (κ3) is 1.45. The highest BCUT2D eigenvalue weighted by atomic mass is 16.6. The number of cyclic esters (lactones) is 2. The van der Waals surface area contributed by atoms with E-state index in [-0.39, 0.29) is 0 Å². The summed E-state index contributed by atoms with van der Waals surface area (Å²) >= 11 is 0. The number of esters is 2. The Balaban J connectivity index is 2.19. The van der Waals surface area contributed by atoms with Crippen LogP contribution in [0.15, 0.2) is 47.1 Å². The van der Waals surface area contributed by atoms with Gasteiger partial charge in [0.05, 0.1) is 11.8 Å². The van der Waals surface area contributed by atoms with E-state index in [1.165, 1.54) is 6.26 Å². The predicted molar refractivity (Wildman–Crippen MR) is 57.4 cm³/mol. The Morgan fingerprint density at radius 2 is 1.82 bits per heavy atom. The maximum atomic E-state index is 11.8. The second-order valence-electron chi connectivity index (χ2n) is 3.74. The van der Waals surface area contributed by atoms with Crippen LogP contribution in [0, 0.1) is 0 Å². The predicted octanol–water partition coefficient (Wildman–Crippen LogP) is 2.11. The van der Waals surface area contributed by atoms with Gasteiger partial charge in [-0.05, 0) is 23.8 Å². The Labute approximate surface area is 96.8 Å². The number of carbonyl (C=O) groups is 2. The highest BCUT2D eigenvalue weighted by molar-refractivity contribution is 6.05. The Morgan fingerprint density at radius 1 is 1.00 bits per heavy atom. The van der Waals surface area contributed by atoms with Crippen LogP contribution in [0.5, 0.6) is 0 Å². The van der Waals surface area contributed by atoms with Gasteiger partial charge in [-0.3, -0.25) is 4.79 Å². The van der Waals surface area contributed by atoms with E-state index >= 15 is 0 Å². The normalized spacial score (nSPS) is 18.7. The maximum Gasteiger partial charge on any atom is 0.346 e. The van der Waals surface area contributed by atoms with E-state index in [1.54, 1.807) is 36.4 Å². The number of fused-ring (bicyclic) bond motifs is 1. The lowest BCUT2D eigenvalue weighted by Crippen LogP contribution is -2.28. The summed E-state index contributed by atoms with van der Waals surface area (Å²) in [6, 6.07) is 10.3. The molecule has 2 aromatic rings. The molecule has 4 heteroatoms. The van der Waals surface area contributed by atoms with Crippen molar-refractivity contribution >= 4 is 11.9 Å². The van der Waals surface area contributed by atoms with Gasteiger partial charge in [0.15, 0.2) is 0 Å². The van der Waals surface area contributed by atoms with E-state index in [4.69, 9.17) is 9.15 Å². The first-order chi connectivity index (χ1) is 8.27. The van der Waals surface area contributed by atoms with Gasteiger partial charge in [0.2, 0.25) is 0 Å². The molecule has 17 heavy (non-hydrogen) atoms. The minimum absolute atomic E-state index is 0.411. The second kappa shape index (κ2) is 3.59. The molecule has 0 fully saturated rings. The molecule has 1 aliphatic rings. The van der Waals surface area contributed by atoms with Gasteiger partial charge in [0, 0.05) is 0 Å². The molecule has 0 bridgehead atoms. The largest absolute Gasteiger partial charge is 0.468 e. The van der Waals surface area contributed by atoms with Crippen molar-refractivity contribution in [3.63, 3.8) is 0 Å². The summed E-state index contributed by atoms with van der Waals surface area (Å²) in [5, 5.41) is 0. The van der Waals surface area contributed by atoms with E-state index in [2.05, 4.69) is 0 Å². The van der Waals surface area contributed by atoms with Gasteiger partial charge in [-0.25, -0.2) is 4.79 Å². The minimum Gasteiger partial charge on any atom is -0.468 e. The smallest absolute Gasteiger partial charge is 0.346 e. The SMILES string of the molecule is O=C1OC(=O)C(c2ccco2)c2ccccc21. The summed E-state index contributed by atoms with van der Waals surface area (Å²) < 4.78 is 9.93. The molecule has 0 aliphatic carbocycles. The summed E-state index contributed by atoms with van der Waals surface area (Å²) in [5.41, 5.74) is 1.04. The Bertz CT molecular complexity index is 583. The van der Waals surface area contributed by atoms with E-state index in [0.717, 1.165) is 0 Å². The second-order valence-corrected chi connectivity index (χ2v) is 3.74. The molecule has 1 unspecified atom stereocenters. The number of rotatable bonds is 1. The van der Waals surface area contributed by atoms with E-state index in [9.17, 15) is 9.59 Å². The molecule has 1 atom stereocenters. The molecule has 2 heterocycles. The first-order valence-corrected chi connectivity index (χ1v) is 5.16. The van der Waals surface area contributed by atoms with Gasteiger partial charge in [0.25, 0.3) is 0 Å². The van der Waals surface area contributed by atoms with Crippen LogP contribution >= 0.6 is 0 Å². The van der Waals surface area contributed by atoms with Crippen LogP contribution in [-0.2, 0) is 9.53 Å². The van der Waals surface area contributed by atoms with E-state index in [1.807, 2.05) is 0 Å². The van der Waals surface area contributed by atoms with Crippen molar-refractivity contribution in [1.82, 2.24) is 0 Å². The molecule has 0 saturated heterocycles. The van der Waals surface area contributed by atoms with Crippen LogP contribution in [0.4, 0.5) is 0 Å². The monoisotopic (exact) mass is 228 g/mol. The van der Waals surface area contributed by atoms with Crippen LogP contribution in [0.1, 0.15) is 27.6 Å². The molecule has 1 aromatic carbocycles. The lowest BCUT2D eigenvalue weighted by Gasteiger charge is -2.21. The molecule has 0 radical (unpaired) electrons. The minimum atomic E-state index is -0.654. The Kier molecular flexibility index (Phi) is 2.08. The third-order valence-corrected chi connectivity index (χ3v) is 2.75. The maximum absolute atomic E-state index is 11.8. The molecule has 3 rings (SSSR count). The molecule has 84 valence electrons. The van der Waals surface area contributed by atoms with Crippen molar-refractivity contribution in [2.75, 3.05) is 0 Å². The van der Waals surface area contributed by atoms with Crippen molar-refractivity contribution in [3.05, 3.63) is 59.5 Å². The van der Waals surface area contributed by atoms with Crippen LogP contribution in [0.25, 0.3) is 0 Å². The molecule has 1 aromatic heterocycles. The van der Waals surface area contributed by atoms with Gasteiger partial charge < -0.3 is 9.15 Å².